The molecular formula is C16H15N. The van der Waals surface area contributed by atoms with Crippen LogP contribution < -0.4 is 5.32 Å². The van der Waals surface area contributed by atoms with E-state index < -0.39 is 0 Å². The Bertz CT molecular complexity index is 698. The molecule has 0 radical (unpaired) electrons. The minimum absolute atomic E-state index is 1.23. The Kier molecular flexibility index (Phi) is 2.25. The van der Waals surface area contributed by atoms with E-state index in [-0.39, 0.29) is 0 Å². The molecule has 0 saturated carbocycles. The Balaban J connectivity index is 2.47. The van der Waals surface area contributed by atoms with Crippen LogP contribution in [0.4, 0.5) is 5.69 Å². The first kappa shape index (κ1) is 10.2. The van der Waals surface area contributed by atoms with E-state index in [1.807, 2.05) is 7.05 Å². The highest BCUT2D eigenvalue weighted by Crippen LogP contribution is 2.30. The van der Waals surface area contributed by atoms with E-state index in [1.54, 1.807) is 0 Å². The summed E-state index contributed by atoms with van der Waals surface area (Å²) in [5.74, 6) is 0. The molecule has 0 aliphatic rings. The monoisotopic (exact) mass is 221 g/mol. The lowest BCUT2D eigenvalue weighted by atomic mass is 10.00. The molecule has 0 saturated heterocycles. The molecule has 3 rings (SSSR count). The Morgan fingerprint density at radius 1 is 0.824 bits per heavy atom. The number of fused-ring (bicyclic) bond motifs is 2. The molecule has 0 heterocycles. The molecular weight excluding hydrogens is 206 g/mol. The van der Waals surface area contributed by atoms with Crippen molar-refractivity contribution in [3.63, 3.8) is 0 Å². The molecule has 0 amide bonds. The summed E-state index contributed by atoms with van der Waals surface area (Å²) in [6.07, 6.45) is 0. The predicted octanol–water partition coefficient (Wildman–Crippen LogP) is 4.34. The summed E-state index contributed by atoms with van der Waals surface area (Å²) >= 11 is 0. The zero-order valence-corrected chi connectivity index (χ0v) is 10.1. The van der Waals surface area contributed by atoms with Gasteiger partial charge in [0, 0.05) is 18.1 Å². The summed E-state index contributed by atoms with van der Waals surface area (Å²) in [6.45, 7) is 2.14. The van der Waals surface area contributed by atoms with Crippen LogP contribution in [0.15, 0.2) is 48.5 Å². The van der Waals surface area contributed by atoms with E-state index in [9.17, 15) is 0 Å². The number of hydrogen-bond donors (Lipinski definition) is 1. The molecule has 84 valence electrons. The highest BCUT2D eigenvalue weighted by atomic mass is 14.8. The average Bonchev–Trinajstić information content (AvgIpc) is 2.36. The van der Waals surface area contributed by atoms with Gasteiger partial charge in [-0.2, -0.15) is 0 Å². The van der Waals surface area contributed by atoms with Crippen molar-refractivity contribution in [3.05, 3.63) is 54.1 Å². The standard InChI is InChI=1S/C16H15N/c1-11-7-8-14-9-12-5-3-4-6-13(12)10-15(14)16(11)17-2/h3-10,17H,1-2H3. The molecule has 1 N–H and O–H groups in total. The van der Waals surface area contributed by atoms with Gasteiger partial charge in [0.2, 0.25) is 0 Å². The molecule has 3 aromatic rings. The second-order valence-corrected chi connectivity index (χ2v) is 4.43. The molecule has 0 aliphatic carbocycles. The SMILES string of the molecule is CNc1c(C)ccc2cc3ccccc3cc12. The fraction of sp³-hybridized carbons (Fsp3) is 0.125. The van der Waals surface area contributed by atoms with E-state index in [0.717, 1.165) is 0 Å². The number of rotatable bonds is 1. The average molecular weight is 221 g/mol. The normalized spacial score (nSPS) is 10.9. The highest BCUT2D eigenvalue weighted by Gasteiger charge is 2.04. The molecule has 0 aromatic heterocycles. The first-order valence-corrected chi connectivity index (χ1v) is 5.89. The second-order valence-electron chi connectivity index (χ2n) is 4.43. The zero-order valence-electron chi connectivity index (χ0n) is 10.1. The van der Waals surface area contributed by atoms with Crippen LogP contribution in [0.1, 0.15) is 5.56 Å². The van der Waals surface area contributed by atoms with Crippen molar-refractivity contribution < 1.29 is 0 Å². The van der Waals surface area contributed by atoms with Gasteiger partial charge in [-0.1, -0.05) is 36.4 Å². The Morgan fingerprint density at radius 3 is 2.24 bits per heavy atom. The van der Waals surface area contributed by atoms with Crippen molar-refractivity contribution in [1.29, 1.82) is 0 Å². The third-order valence-corrected chi connectivity index (χ3v) is 3.34. The van der Waals surface area contributed by atoms with Gasteiger partial charge in [-0.05, 0) is 40.8 Å². The number of aryl methyl sites for hydroxylation is 1. The van der Waals surface area contributed by atoms with Crippen LogP contribution in [-0.4, -0.2) is 7.05 Å². The van der Waals surface area contributed by atoms with Crippen LogP contribution in [0.2, 0.25) is 0 Å². The molecule has 0 atom stereocenters. The number of anilines is 1. The number of benzene rings is 3. The predicted molar refractivity (Wildman–Crippen MR) is 75.7 cm³/mol. The molecule has 0 fully saturated rings. The van der Waals surface area contributed by atoms with Crippen LogP contribution in [0, 0.1) is 6.92 Å². The van der Waals surface area contributed by atoms with Gasteiger partial charge in [-0.3, -0.25) is 0 Å². The van der Waals surface area contributed by atoms with E-state index >= 15 is 0 Å². The summed E-state index contributed by atoms with van der Waals surface area (Å²) in [7, 11) is 1.98. The molecule has 0 unspecified atom stereocenters. The summed E-state index contributed by atoms with van der Waals surface area (Å²) in [5, 5.41) is 8.48. The fourth-order valence-corrected chi connectivity index (χ4v) is 2.45. The topological polar surface area (TPSA) is 12.0 Å². The third-order valence-electron chi connectivity index (χ3n) is 3.34. The molecule has 0 aliphatic heterocycles. The summed E-state index contributed by atoms with van der Waals surface area (Å²) in [4.78, 5) is 0. The van der Waals surface area contributed by atoms with Crippen LogP contribution in [0.3, 0.4) is 0 Å². The zero-order chi connectivity index (χ0) is 11.8. The second kappa shape index (κ2) is 3.77. The van der Waals surface area contributed by atoms with E-state index in [2.05, 4.69) is 60.8 Å². The third kappa shape index (κ3) is 1.55. The Morgan fingerprint density at radius 2 is 1.53 bits per heavy atom. The first-order chi connectivity index (χ1) is 8.29. The van der Waals surface area contributed by atoms with Gasteiger partial charge in [0.05, 0.1) is 0 Å². The smallest absolute Gasteiger partial charge is 0.0447 e. The van der Waals surface area contributed by atoms with Crippen LogP contribution >= 0.6 is 0 Å². The lowest BCUT2D eigenvalue weighted by molar-refractivity contribution is 1.44. The largest absolute Gasteiger partial charge is 0.387 e. The maximum absolute atomic E-state index is 3.30. The minimum Gasteiger partial charge on any atom is -0.387 e. The van der Waals surface area contributed by atoms with Gasteiger partial charge in [0.1, 0.15) is 0 Å². The summed E-state index contributed by atoms with van der Waals surface area (Å²) in [5.41, 5.74) is 2.52. The summed E-state index contributed by atoms with van der Waals surface area (Å²) < 4.78 is 0. The number of nitrogens with one attached hydrogen (secondary N) is 1. The molecule has 0 bridgehead atoms. The van der Waals surface area contributed by atoms with Crippen molar-refractivity contribution in [2.45, 2.75) is 6.92 Å². The quantitative estimate of drug-likeness (QED) is 0.603. The van der Waals surface area contributed by atoms with Crippen molar-refractivity contribution in [1.82, 2.24) is 0 Å². The van der Waals surface area contributed by atoms with Crippen molar-refractivity contribution in [2.24, 2.45) is 0 Å². The lowest BCUT2D eigenvalue weighted by Crippen LogP contribution is -1.93. The Hall–Kier alpha value is -2.02. The maximum Gasteiger partial charge on any atom is 0.0447 e. The van der Waals surface area contributed by atoms with Crippen LogP contribution in [-0.2, 0) is 0 Å². The van der Waals surface area contributed by atoms with Crippen molar-refractivity contribution in [3.8, 4) is 0 Å². The van der Waals surface area contributed by atoms with Gasteiger partial charge in [-0.15, -0.1) is 0 Å². The van der Waals surface area contributed by atoms with Crippen LogP contribution in [0.25, 0.3) is 21.5 Å². The van der Waals surface area contributed by atoms with Gasteiger partial charge < -0.3 is 5.32 Å². The minimum atomic E-state index is 1.23. The van der Waals surface area contributed by atoms with Gasteiger partial charge >= 0.3 is 0 Å². The molecule has 1 nitrogen and oxygen atoms in total. The first-order valence-electron chi connectivity index (χ1n) is 5.89. The fourth-order valence-electron chi connectivity index (χ4n) is 2.45. The van der Waals surface area contributed by atoms with Gasteiger partial charge in [0.15, 0.2) is 0 Å². The van der Waals surface area contributed by atoms with E-state index in [0.29, 0.717) is 0 Å². The lowest BCUT2D eigenvalue weighted by Gasteiger charge is -2.10. The van der Waals surface area contributed by atoms with Gasteiger partial charge in [0.25, 0.3) is 0 Å². The maximum atomic E-state index is 3.30. The van der Waals surface area contributed by atoms with E-state index in [1.165, 1.54) is 32.8 Å². The van der Waals surface area contributed by atoms with Crippen LogP contribution in [0.5, 0.6) is 0 Å². The van der Waals surface area contributed by atoms with Gasteiger partial charge in [-0.25, -0.2) is 0 Å². The highest BCUT2D eigenvalue weighted by molar-refractivity contribution is 6.04. The number of hydrogen-bond acceptors (Lipinski definition) is 1. The summed E-state index contributed by atoms with van der Waals surface area (Å²) in [6, 6.07) is 17.4. The molecule has 0 spiro atoms. The van der Waals surface area contributed by atoms with Crippen molar-refractivity contribution >= 4 is 27.2 Å². The Labute approximate surface area is 101 Å². The molecule has 1 heteroatoms. The van der Waals surface area contributed by atoms with Crippen molar-refractivity contribution in [2.75, 3.05) is 12.4 Å². The van der Waals surface area contributed by atoms with E-state index in [4.69, 9.17) is 0 Å². The molecule has 17 heavy (non-hydrogen) atoms. The molecule has 3 aromatic carbocycles.